The van der Waals surface area contributed by atoms with E-state index in [2.05, 4.69) is 31.2 Å². The fourth-order valence-corrected chi connectivity index (χ4v) is 3.91. The van der Waals surface area contributed by atoms with Gasteiger partial charge in [-0.15, -0.1) is 0 Å². The minimum atomic E-state index is 0.491. The number of hydrogen-bond acceptors (Lipinski definition) is 5. The van der Waals surface area contributed by atoms with Crippen LogP contribution >= 0.6 is 0 Å². The number of pyridine rings is 1. The van der Waals surface area contributed by atoms with E-state index in [1.54, 1.807) is 0 Å². The zero-order valence-corrected chi connectivity index (χ0v) is 17.6. The zero-order valence-electron chi connectivity index (χ0n) is 17.6. The van der Waals surface area contributed by atoms with Gasteiger partial charge in [-0.3, -0.25) is 0 Å². The maximum Gasteiger partial charge on any atom is 0.162 e. The molecule has 0 saturated carbocycles. The molecule has 1 atom stereocenters. The average molecular weight is 415 g/mol. The van der Waals surface area contributed by atoms with Crippen molar-refractivity contribution in [2.75, 3.05) is 19.8 Å². The van der Waals surface area contributed by atoms with Crippen LogP contribution in [0.2, 0.25) is 0 Å². The second-order valence-electron chi connectivity index (χ2n) is 8.11. The van der Waals surface area contributed by atoms with Crippen molar-refractivity contribution in [3.05, 3.63) is 77.6 Å². The first-order valence-corrected chi connectivity index (χ1v) is 10.7. The summed E-state index contributed by atoms with van der Waals surface area (Å²) < 4.78 is 13.3. The van der Waals surface area contributed by atoms with Gasteiger partial charge in [-0.05, 0) is 60.3 Å². The lowest BCUT2D eigenvalue weighted by atomic mass is 10.00. The zero-order chi connectivity index (χ0) is 21.2. The number of fused-ring (bicyclic) bond motifs is 2. The van der Waals surface area contributed by atoms with Crippen molar-refractivity contribution in [3.63, 3.8) is 0 Å². The highest BCUT2D eigenvalue weighted by Gasteiger charge is 2.15. The fourth-order valence-electron chi connectivity index (χ4n) is 3.91. The molecule has 31 heavy (non-hydrogen) atoms. The van der Waals surface area contributed by atoms with E-state index >= 15 is 0 Å². The van der Waals surface area contributed by atoms with Crippen molar-refractivity contribution >= 4 is 5.65 Å². The molecule has 6 heteroatoms. The fraction of sp³-hybridized carbons (Fsp3) is 0.280. The number of nitrogens with two attached hydrogens (primary N) is 1. The Morgan fingerprint density at radius 2 is 1.74 bits per heavy atom. The number of hydrogen-bond donors (Lipinski definition) is 1. The van der Waals surface area contributed by atoms with Gasteiger partial charge < -0.3 is 15.2 Å². The molecule has 1 aliphatic heterocycles. The molecule has 0 spiro atoms. The van der Waals surface area contributed by atoms with Crippen molar-refractivity contribution < 1.29 is 9.47 Å². The molecule has 0 fully saturated rings. The van der Waals surface area contributed by atoms with Gasteiger partial charge in [-0.1, -0.05) is 37.3 Å². The Hall–Kier alpha value is -3.38. The number of nitrogens with zero attached hydrogens (tertiary/aromatic N) is 3. The molecule has 0 saturated heterocycles. The lowest BCUT2D eigenvalue weighted by molar-refractivity contribution is 0.171. The average Bonchev–Trinajstić information content (AvgIpc) is 3.22. The van der Waals surface area contributed by atoms with E-state index in [-0.39, 0.29) is 0 Å². The number of aromatic nitrogens is 3. The van der Waals surface area contributed by atoms with Gasteiger partial charge in [0.05, 0.1) is 5.69 Å². The molecule has 1 aliphatic rings. The molecule has 0 bridgehead atoms. The Balaban J connectivity index is 1.41. The van der Waals surface area contributed by atoms with E-state index in [4.69, 9.17) is 25.3 Å². The molecule has 4 aromatic rings. The Bertz CT molecular complexity index is 1200. The maximum atomic E-state index is 5.75. The molecule has 0 radical (unpaired) electrons. The van der Waals surface area contributed by atoms with E-state index in [1.807, 2.05) is 40.9 Å². The van der Waals surface area contributed by atoms with E-state index in [0.29, 0.717) is 32.1 Å². The molecule has 2 N–H and O–H groups in total. The van der Waals surface area contributed by atoms with E-state index in [0.717, 1.165) is 40.6 Å². The highest BCUT2D eigenvalue weighted by molar-refractivity contribution is 5.66. The van der Waals surface area contributed by atoms with Crippen molar-refractivity contribution in [2.24, 2.45) is 11.7 Å². The van der Waals surface area contributed by atoms with Crippen LogP contribution in [0.1, 0.15) is 23.9 Å². The highest BCUT2D eigenvalue weighted by atomic mass is 16.6. The normalized spacial score (nSPS) is 14.0. The topological polar surface area (TPSA) is 74.7 Å². The Morgan fingerprint density at radius 1 is 0.968 bits per heavy atom. The summed E-state index contributed by atoms with van der Waals surface area (Å²) in [5, 5.41) is 4.80. The molecule has 3 heterocycles. The minimum Gasteiger partial charge on any atom is -0.486 e. The third-order valence-corrected chi connectivity index (χ3v) is 5.61. The Morgan fingerprint density at radius 3 is 2.55 bits per heavy atom. The van der Waals surface area contributed by atoms with Crippen LogP contribution in [0.15, 0.2) is 60.7 Å². The van der Waals surface area contributed by atoms with Crippen molar-refractivity contribution in [1.29, 1.82) is 0 Å². The molecule has 5 rings (SSSR count). The van der Waals surface area contributed by atoms with Gasteiger partial charge in [0.15, 0.2) is 23.0 Å². The summed E-state index contributed by atoms with van der Waals surface area (Å²) in [5.41, 5.74) is 11.1. The summed E-state index contributed by atoms with van der Waals surface area (Å²) in [4.78, 5) is 4.75. The monoisotopic (exact) mass is 414 g/mol. The molecule has 2 aromatic carbocycles. The highest BCUT2D eigenvalue weighted by Crippen LogP contribution is 2.34. The van der Waals surface area contributed by atoms with Crippen molar-refractivity contribution in [3.8, 4) is 22.8 Å². The predicted molar refractivity (Wildman–Crippen MR) is 121 cm³/mol. The van der Waals surface area contributed by atoms with Crippen molar-refractivity contribution in [1.82, 2.24) is 14.6 Å². The van der Waals surface area contributed by atoms with Gasteiger partial charge in [0.1, 0.15) is 13.2 Å². The molecule has 6 nitrogen and oxygen atoms in total. The number of benzene rings is 2. The molecule has 0 amide bonds. The van der Waals surface area contributed by atoms with E-state index in [9.17, 15) is 0 Å². The van der Waals surface area contributed by atoms with Crippen LogP contribution in [-0.4, -0.2) is 34.4 Å². The van der Waals surface area contributed by atoms with Gasteiger partial charge in [-0.25, -0.2) is 9.50 Å². The van der Waals surface area contributed by atoms with Crippen molar-refractivity contribution in [2.45, 2.75) is 19.8 Å². The summed E-state index contributed by atoms with van der Waals surface area (Å²) >= 11 is 0. The largest absolute Gasteiger partial charge is 0.486 e. The predicted octanol–water partition coefficient (Wildman–Crippen LogP) is 3.90. The molecule has 158 valence electrons. The standard InChI is InChI=1S/C25H26N4O2/c1-17(16-26)13-18-5-7-19(8-6-18)14-24-27-25-4-2-3-21(29(25)28-24)20-9-10-22-23(15-20)31-12-11-30-22/h2-10,15,17H,11-14,16,26H2,1H3/t17-/m0/s1. The Kier molecular flexibility index (Phi) is 5.30. The summed E-state index contributed by atoms with van der Waals surface area (Å²) in [7, 11) is 0. The SMILES string of the molecule is C[C@H](CN)Cc1ccc(Cc2nc3cccc(-c4ccc5c(c4)OCCO5)n3n2)cc1. The smallest absolute Gasteiger partial charge is 0.162 e. The molecular formula is C25H26N4O2. The molecule has 0 unspecified atom stereocenters. The third-order valence-electron chi connectivity index (χ3n) is 5.61. The maximum absolute atomic E-state index is 5.75. The first-order chi connectivity index (χ1) is 15.2. The van der Waals surface area contributed by atoms with Gasteiger partial charge in [-0.2, -0.15) is 5.10 Å². The molecule has 0 aliphatic carbocycles. The van der Waals surface area contributed by atoms with Gasteiger partial charge in [0, 0.05) is 12.0 Å². The second-order valence-corrected chi connectivity index (χ2v) is 8.11. The summed E-state index contributed by atoms with van der Waals surface area (Å²) in [6.07, 6.45) is 1.69. The lowest BCUT2D eigenvalue weighted by Gasteiger charge is -2.19. The minimum absolute atomic E-state index is 0.491. The van der Waals surface area contributed by atoms with Gasteiger partial charge >= 0.3 is 0 Å². The second kappa shape index (κ2) is 8.40. The molecular weight excluding hydrogens is 388 g/mol. The van der Waals surface area contributed by atoms with Crippen LogP contribution in [0.3, 0.4) is 0 Å². The number of ether oxygens (including phenoxy) is 2. The first kappa shape index (κ1) is 19.6. The molecule has 2 aromatic heterocycles. The van der Waals surface area contributed by atoms with Crippen LogP contribution in [0, 0.1) is 5.92 Å². The van der Waals surface area contributed by atoms with Crippen LogP contribution in [0.25, 0.3) is 16.9 Å². The van der Waals surface area contributed by atoms with E-state index < -0.39 is 0 Å². The number of rotatable bonds is 6. The van der Waals surface area contributed by atoms with Crippen LogP contribution in [-0.2, 0) is 12.8 Å². The lowest BCUT2D eigenvalue weighted by Crippen LogP contribution is -2.15. The van der Waals surface area contributed by atoms with Gasteiger partial charge in [0.2, 0.25) is 0 Å². The summed E-state index contributed by atoms with van der Waals surface area (Å²) in [5.74, 6) is 2.84. The van der Waals surface area contributed by atoms with Crippen LogP contribution in [0.5, 0.6) is 11.5 Å². The third kappa shape index (κ3) is 4.11. The summed E-state index contributed by atoms with van der Waals surface area (Å²) in [6.45, 7) is 4.03. The van der Waals surface area contributed by atoms with Gasteiger partial charge in [0.25, 0.3) is 0 Å². The quantitative estimate of drug-likeness (QED) is 0.518. The van der Waals surface area contributed by atoms with Crippen LogP contribution in [0.4, 0.5) is 0 Å². The Labute approximate surface area is 181 Å². The van der Waals surface area contributed by atoms with E-state index in [1.165, 1.54) is 11.1 Å². The first-order valence-electron chi connectivity index (χ1n) is 10.7. The van der Waals surface area contributed by atoms with Crippen LogP contribution < -0.4 is 15.2 Å². The summed E-state index contributed by atoms with van der Waals surface area (Å²) in [6, 6.07) is 20.7.